The van der Waals surface area contributed by atoms with E-state index in [1.54, 1.807) is 23.7 Å². The second kappa shape index (κ2) is 7.80. The largest absolute Gasteiger partial charge is 0.493 e. The summed E-state index contributed by atoms with van der Waals surface area (Å²) in [5.41, 5.74) is 3.60. The van der Waals surface area contributed by atoms with Crippen molar-refractivity contribution in [2.45, 2.75) is 25.2 Å². The van der Waals surface area contributed by atoms with E-state index in [0.717, 1.165) is 6.42 Å². The van der Waals surface area contributed by atoms with Crippen molar-refractivity contribution in [2.75, 3.05) is 13.7 Å². The third kappa shape index (κ3) is 3.80. The van der Waals surface area contributed by atoms with Gasteiger partial charge in [-0.2, -0.15) is 0 Å². The summed E-state index contributed by atoms with van der Waals surface area (Å²) in [5, 5.41) is 8.90. The Morgan fingerprint density at radius 3 is 2.70 bits per heavy atom. The molecule has 6 nitrogen and oxygen atoms in total. The number of benzene rings is 2. The molecule has 2 N–H and O–H groups in total. The normalized spacial score (nSPS) is 20.6. The van der Waals surface area contributed by atoms with E-state index in [1.165, 1.54) is 18.2 Å². The Morgan fingerprint density at radius 2 is 2.00 bits per heavy atom. The van der Waals surface area contributed by atoms with Gasteiger partial charge in [0.05, 0.1) is 19.6 Å². The van der Waals surface area contributed by atoms with Crippen LogP contribution in [0.3, 0.4) is 0 Å². The molecular weight excluding hydrogens is 346 g/mol. The molecular formula is C21H23NO5. The summed E-state index contributed by atoms with van der Waals surface area (Å²) in [6.45, 7) is 2.55. The second-order valence-corrected chi connectivity index (χ2v) is 6.81. The van der Waals surface area contributed by atoms with Crippen LogP contribution in [0.15, 0.2) is 48.5 Å². The van der Waals surface area contributed by atoms with Gasteiger partial charge in [-0.3, -0.25) is 14.8 Å². The molecule has 0 aromatic heterocycles. The Morgan fingerprint density at radius 1 is 1.22 bits per heavy atom. The highest BCUT2D eigenvalue weighted by Crippen LogP contribution is 2.55. The Kier molecular flexibility index (Phi) is 5.46. The van der Waals surface area contributed by atoms with E-state index in [4.69, 9.17) is 14.7 Å². The highest BCUT2D eigenvalue weighted by atomic mass is 16.5. The van der Waals surface area contributed by atoms with Crippen LogP contribution in [-0.4, -0.2) is 30.8 Å². The molecule has 1 aliphatic rings. The summed E-state index contributed by atoms with van der Waals surface area (Å²) in [7, 11) is 1.29. The number of amides is 1. The second-order valence-electron chi connectivity index (χ2n) is 6.81. The number of ether oxygens (including phenoxy) is 2. The van der Waals surface area contributed by atoms with Crippen molar-refractivity contribution in [1.29, 1.82) is 0 Å². The van der Waals surface area contributed by atoms with Gasteiger partial charge in [0.2, 0.25) is 5.91 Å². The van der Waals surface area contributed by atoms with Crippen LogP contribution in [0.1, 0.15) is 23.1 Å². The summed E-state index contributed by atoms with van der Waals surface area (Å²) in [5.74, 6) is -1.12. The summed E-state index contributed by atoms with van der Waals surface area (Å²) >= 11 is 0. The highest BCUT2D eigenvalue weighted by Gasteiger charge is 2.65. The van der Waals surface area contributed by atoms with Gasteiger partial charge in [-0.15, -0.1) is 0 Å². The molecule has 1 saturated carbocycles. The quantitative estimate of drug-likeness (QED) is 0.445. The van der Waals surface area contributed by atoms with E-state index in [2.05, 4.69) is 25.1 Å². The van der Waals surface area contributed by atoms with E-state index < -0.39 is 23.2 Å². The van der Waals surface area contributed by atoms with Crippen LogP contribution in [0.25, 0.3) is 0 Å². The maximum Gasteiger partial charge on any atom is 0.317 e. The Balaban J connectivity index is 1.72. The van der Waals surface area contributed by atoms with Crippen LogP contribution in [0.2, 0.25) is 0 Å². The molecule has 0 spiro atoms. The van der Waals surface area contributed by atoms with Gasteiger partial charge in [-0.05, 0) is 36.6 Å². The molecule has 1 fully saturated rings. The third-order valence-corrected chi connectivity index (χ3v) is 5.03. The number of esters is 1. The maximum absolute atomic E-state index is 12.3. The first kappa shape index (κ1) is 18.9. The first-order valence-corrected chi connectivity index (χ1v) is 8.82. The number of hydrogen-bond acceptors (Lipinski definition) is 5. The number of carbonyl (C=O) groups excluding carboxylic acids is 2. The van der Waals surface area contributed by atoms with E-state index in [1.807, 2.05) is 12.1 Å². The van der Waals surface area contributed by atoms with Gasteiger partial charge in [0.1, 0.15) is 11.2 Å². The third-order valence-electron chi connectivity index (χ3n) is 5.03. The fourth-order valence-corrected chi connectivity index (χ4v) is 3.52. The Bertz CT molecular complexity index is 850. The van der Waals surface area contributed by atoms with Crippen LogP contribution in [-0.2, 0) is 26.2 Å². The van der Waals surface area contributed by atoms with Gasteiger partial charge in [-0.1, -0.05) is 42.0 Å². The van der Waals surface area contributed by atoms with Crippen molar-refractivity contribution in [2.24, 2.45) is 5.92 Å². The molecule has 2 atom stereocenters. The zero-order valence-corrected chi connectivity index (χ0v) is 15.4. The lowest BCUT2D eigenvalue weighted by Crippen LogP contribution is -2.31. The molecule has 2 aromatic rings. The Hall–Kier alpha value is -2.86. The summed E-state index contributed by atoms with van der Waals surface area (Å²) < 4.78 is 10.8. The number of carbonyl (C=O) groups is 2. The molecule has 0 saturated heterocycles. The predicted molar refractivity (Wildman–Crippen MR) is 98.6 cm³/mol. The van der Waals surface area contributed by atoms with E-state index in [0.29, 0.717) is 24.3 Å². The first-order chi connectivity index (χ1) is 13.0. The number of hydroxylamine groups is 1. The minimum Gasteiger partial charge on any atom is -0.493 e. The minimum absolute atomic E-state index is 0.290. The monoisotopic (exact) mass is 369 g/mol. The number of hydrogen-bond donors (Lipinski definition) is 2. The molecule has 0 bridgehead atoms. The maximum atomic E-state index is 12.3. The van der Waals surface area contributed by atoms with Gasteiger partial charge in [-0.25, -0.2) is 5.48 Å². The van der Waals surface area contributed by atoms with Gasteiger partial charge in [0.25, 0.3) is 0 Å². The van der Waals surface area contributed by atoms with Gasteiger partial charge >= 0.3 is 5.97 Å². The Labute approximate surface area is 158 Å². The molecule has 0 heterocycles. The van der Waals surface area contributed by atoms with E-state index in [-0.39, 0.29) is 0 Å². The van der Waals surface area contributed by atoms with E-state index in [9.17, 15) is 9.59 Å². The summed E-state index contributed by atoms with van der Waals surface area (Å²) in [4.78, 5) is 24.2. The fourth-order valence-electron chi connectivity index (χ4n) is 3.52. The standard InChI is InChI=1S/C21H23NO5/c1-14-5-3-6-15(11-14)9-10-27-17-8-4-7-16(12-17)21(20(24)26-2)13-18(21)19(23)22-25/h3-8,11-12,18,25H,9-10,13H2,1-2H3,(H,22,23)/t18-,21?/m0/s1. The molecule has 142 valence electrons. The lowest BCUT2D eigenvalue weighted by atomic mass is 9.92. The minimum atomic E-state index is -1.07. The fraction of sp³-hybridized carbons (Fsp3) is 0.333. The number of nitrogens with one attached hydrogen (secondary N) is 1. The molecule has 6 heteroatoms. The molecule has 1 unspecified atom stereocenters. The lowest BCUT2D eigenvalue weighted by molar-refractivity contribution is -0.146. The molecule has 3 rings (SSSR count). The van der Waals surface area contributed by atoms with Crippen LogP contribution in [0.5, 0.6) is 5.75 Å². The predicted octanol–water partition coefficient (Wildman–Crippen LogP) is 2.55. The first-order valence-electron chi connectivity index (χ1n) is 8.82. The van der Waals surface area contributed by atoms with Crippen LogP contribution >= 0.6 is 0 Å². The zero-order chi connectivity index (χ0) is 19.4. The average molecular weight is 369 g/mol. The van der Waals surface area contributed by atoms with Gasteiger partial charge < -0.3 is 9.47 Å². The highest BCUT2D eigenvalue weighted by molar-refractivity contribution is 5.97. The van der Waals surface area contributed by atoms with Crippen molar-refractivity contribution in [1.82, 2.24) is 5.48 Å². The van der Waals surface area contributed by atoms with Crippen LogP contribution < -0.4 is 10.2 Å². The van der Waals surface area contributed by atoms with Crippen molar-refractivity contribution >= 4 is 11.9 Å². The van der Waals surface area contributed by atoms with Crippen LogP contribution in [0.4, 0.5) is 0 Å². The van der Waals surface area contributed by atoms with Gasteiger partial charge in [0, 0.05) is 6.42 Å². The smallest absolute Gasteiger partial charge is 0.317 e. The SMILES string of the molecule is COC(=O)C1(c2cccc(OCCc3cccc(C)c3)c2)C[C@H]1C(=O)NO. The molecule has 0 aliphatic heterocycles. The van der Waals surface area contributed by atoms with Crippen molar-refractivity contribution in [3.8, 4) is 5.75 Å². The summed E-state index contributed by atoms with van der Waals surface area (Å²) in [6.07, 6.45) is 1.06. The molecule has 2 aromatic carbocycles. The van der Waals surface area contributed by atoms with E-state index >= 15 is 0 Å². The topological polar surface area (TPSA) is 84.9 Å². The molecule has 1 aliphatic carbocycles. The zero-order valence-electron chi connectivity index (χ0n) is 15.4. The van der Waals surface area contributed by atoms with Crippen LogP contribution in [0, 0.1) is 12.8 Å². The molecule has 1 amide bonds. The average Bonchev–Trinajstić information content (AvgIpc) is 3.44. The molecule has 27 heavy (non-hydrogen) atoms. The lowest BCUT2D eigenvalue weighted by Gasteiger charge is -2.16. The number of methoxy groups -OCH3 is 1. The number of rotatable bonds is 7. The van der Waals surface area contributed by atoms with Crippen molar-refractivity contribution in [3.63, 3.8) is 0 Å². The summed E-state index contributed by atoms with van der Waals surface area (Å²) in [6, 6.07) is 15.4. The van der Waals surface area contributed by atoms with Crippen molar-refractivity contribution in [3.05, 3.63) is 65.2 Å². The van der Waals surface area contributed by atoms with Crippen molar-refractivity contribution < 1.29 is 24.3 Å². The molecule has 0 radical (unpaired) electrons. The van der Waals surface area contributed by atoms with Gasteiger partial charge in [0.15, 0.2) is 0 Å². The number of aryl methyl sites for hydroxylation is 1.